The lowest BCUT2D eigenvalue weighted by Gasteiger charge is -2.08. The SMILES string of the molecule is CC(=O)Nc1ccc(C(=O)CSc2cc(C)nc(C(C)C)n2)c(F)c1. The van der Waals surface area contributed by atoms with Crippen molar-refractivity contribution in [1.82, 2.24) is 9.97 Å². The van der Waals surface area contributed by atoms with Crippen LogP contribution in [-0.4, -0.2) is 27.4 Å². The smallest absolute Gasteiger partial charge is 0.221 e. The minimum atomic E-state index is -0.654. The van der Waals surface area contributed by atoms with Gasteiger partial charge in [-0.25, -0.2) is 14.4 Å². The summed E-state index contributed by atoms with van der Waals surface area (Å²) in [5.74, 6) is -0.300. The molecular formula is C18H20FN3O2S. The molecule has 0 bridgehead atoms. The fraction of sp³-hybridized carbons (Fsp3) is 0.333. The van der Waals surface area contributed by atoms with Gasteiger partial charge in [0, 0.05) is 24.2 Å². The van der Waals surface area contributed by atoms with E-state index in [1.54, 1.807) is 6.07 Å². The molecule has 5 nitrogen and oxygen atoms in total. The average molecular weight is 361 g/mol. The average Bonchev–Trinajstić information content (AvgIpc) is 2.51. The van der Waals surface area contributed by atoms with Crippen molar-refractivity contribution >= 4 is 29.1 Å². The number of aryl methyl sites for hydroxylation is 1. The van der Waals surface area contributed by atoms with Gasteiger partial charge in [-0.15, -0.1) is 0 Å². The van der Waals surface area contributed by atoms with Gasteiger partial charge in [-0.05, 0) is 31.2 Å². The van der Waals surface area contributed by atoms with Crippen LogP contribution in [0.5, 0.6) is 0 Å². The maximum atomic E-state index is 14.1. The molecule has 0 fully saturated rings. The highest BCUT2D eigenvalue weighted by atomic mass is 32.2. The van der Waals surface area contributed by atoms with Crippen LogP contribution in [0.4, 0.5) is 10.1 Å². The Balaban J connectivity index is 2.09. The van der Waals surface area contributed by atoms with Crippen LogP contribution in [-0.2, 0) is 4.79 Å². The number of anilines is 1. The molecule has 7 heteroatoms. The molecule has 1 N–H and O–H groups in total. The van der Waals surface area contributed by atoms with Crippen molar-refractivity contribution in [2.45, 2.75) is 38.6 Å². The Kier molecular flexibility index (Phi) is 6.25. The van der Waals surface area contributed by atoms with Gasteiger partial charge in [0.1, 0.15) is 16.7 Å². The topological polar surface area (TPSA) is 72.0 Å². The van der Waals surface area contributed by atoms with Crippen LogP contribution in [0.25, 0.3) is 0 Å². The first-order chi connectivity index (χ1) is 11.8. The fourth-order valence-corrected chi connectivity index (χ4v) is 2.98. The highest BCUT2D eigenvalue weighted by Gasteiger charge is 2.14. The molecule has 2 aromatic rings. The second-order valence-corrected chi connectivity index (χ2v) is 6.94. The molecule has 25 heavy (non-hydrogen) atoms. The third-order valence-electron chi connectivity index (χ3n) is 3.31. The summed E-state index contributed by atoms with van der Waals surface area (Å²) in [6.45, 7) is 7.21. The van der Waals surface area contributed by atoms with Crippen LogP contribution in [0.2, 0.25) is 0 Å². The molecule has 132 valence electrons. The van der Waals surface area contributed by atoms with Gasteiger partial charge in [-0.2, -0.15) is 0 Å². The second kappa shape index (κ2) is 8.20. The van der Waals surface area contributed by atoms with E-state index in [0.717, 1.165) is 17.6 Å². The van der Waals surface area contributed by atoms with Crippen LogP contribution >= 0.6 is 11.8 Å². The van der Waals surface area contributed by atoms with Crippen molar-refractivity contribution in [1.29, 1.82) is 0 Å². The molecule has 0 spiro atoms. The number of carbonyl (C=O) groups is 2. The van der Waals surface area contributed by atoms with Crippen molar-refractivity contribution in [2.24, 2.45) is 0 Å². The first-order valence-electron chi connectivity index (χ1n) is 7.85. The van der Waals surface area contributed by atoms with Crippen LogP contribution in [0.15, 0.2) is 29.3 Å². The zero-order valence-corrected chi connectivity index (χ0v) is 15.4. The standard InChI is InChI=1S/C18H20FN3O2S/c1-10(2)18-20-11(3)7-17(22-18)25-9-16(24)14-6-5-13(8-15(14)19)21-12(4)23/h5-8,10H,9H2,1-4H3,(H,21,23). The van der Waals surface area contributed by atoms with Crippen molar-refractivity contribution < 1.29 is 14.0 Å². The lowest BCUT2D eigenvalue weighted by atomic mass is 10.1. The molecule has 0 saturated heterocycles. The van der Waals surface area contributed by atoms with Gasteiger partial charge in [-0.1, -0.05) is 25.6 Å². The Morgan fingerprint density at radius 1 is 1.24 bits per heavy atom. The minimum Gasteiger partial charge on any atom is -0.326 e. The number of ketones is 1. The van der Waals surface area contributed by atoms with Gasteiger partial charge in [0.2, 0.25) is 5.91 Å². The number of halogens is 1. The number of hydrogen-bond donors (Lipinski definition) is 1. The molecule has 1 heterocycles. The number of hydrogen-bond acceptors (Lipinski definition) is 5. The van der Waals surface area contributed by atoms with Gasteiger partial charge in [0.15, 0.2) is 5.78 Å². The summed E-state index contributed by atoms with van der Waals surface area (Å²) >= 11 is 1.26. The van der Waals surface area contributed by atoms with Gasteiger partial charge in [-0.3, -0.25) is 9.59 Å². The number of carbonyl (C=O) groups excluding carboxylic acids is 2. The Morgan fingerprint density at radius 3 is 2.56 bits per heavy atom. The largest absolute Gasteiger partial charge is 0.326 e. The van der Waals surface area contributed by atoms with Crippen LogP contribution in [0, 0.1) is 12.7 Å². The van der Waals surface area contributed by atoms with Crippen molar-refractivity contribution in [3.8, 4) is 0 Å². The summed E-state index contributed by atoms with van der Waals surface area (Å²) in [5, 5.41) is 3.17. The van der Waals surface area contributed by atoms with Gasteiger partial charge >= 0.3 is 0 Å². The summed E-state index contributed by atoms with van der Waals surface area (Å²) in [7, 11) is 0. The summed E-state index contributed by atoms with van der Waals surface area (Å²) in [5.41, 5.74) is 1.15. The molecule has 1 amide bonds. The summed E-state index contributed by atoms with van der Waals surface area (Å²) in [6.07, 6.45) is 0. The quantitative estimate of drug-likeness (QED) is 0.479. The van der Waals surface area contributed by atoms with Crippen LogP contribution in [0.1, 0.15) is 48.6 Å². The van der Waals surface area contributed by atoms with E-state index in [4.69, 9.17) is 0 Å². The Labute approximate surface area is 150 Å². The predicted molar refractivity (Wildman–Crippen MR) is 96.6 cm³/mol. The molecule has 0 aliphatic heterocycles. The number of aromatic nitrogens is 2. The van der Waals surface area contributed by atoms with E-state index in [0.29, 0.717) is 10.7 Å². The number of nitrogens with zero attached hydrogens (tertiary/aromatic N) is 2. The molecule has 2 rings (SSSR count). The summed E-state index contributed by atoms with van der Waals surface area (Å²) < 4.78 is 14.1. The first kappa shape index (κ1) is 19.1. The lowest BCUT2D eigenvalue weighted by molar-refractivity contribution is -0.114. The molecular weight excluding hydrogens is 341 g/mol. The van der Waals surface area contributed by atoms with E-state index < -0.39 is 5.82 Å². The number of benzene rings is 1. The van der Waals surface area contributed by atoms with Gasteiger partial charge < -0.3 is 5.32 Å². The number of rotatable bonds is 6. The molecule has 1 aromatic heterocycles. The highest BCUT2D eigenvalue weighted by molar-refractivity contribution is 7.99. The second-order valence-electron chi connectivity index (χ2n) is 5.95. The number of nitrogens with one attached hydrogen (secondary N) is 1. The number of Topliss-reactive ketones (excluding diaryl/α,β-unsaturated/α-hetero) is 1. The normalized spacial score (nSPS) is 10.8. The molecule has 0 atom stereocenters. The Hall–Kier alpha value is -2.28. The number of amides is 1. The molecule has 1 aromatic carbocycles. The monoisotopic (exact) mass is 361 g/mol. The van der Waals surface area contributed by atoms with E-state index in [9.17, 15) is 14.0 Å². The summed E-state index contributed by atoms with van der Waals surface area (Å²) in [4.78, 5) is 32.1. The Morgan fingerprint density at radius 2 is 1.96 bits per heavy atom. The summed E-state index contributed by atoms with van der Waals surface area (Å²) in [6, 6.07) is 5.84. The highest BCUT2D eigenvalue weighted by Crippen LogP contribution is 2.22. The third-order valence-corrected chi connectivity index (χ3v) is 4.22. The maximum absolute atomic E-state index is 14.1. The molecule has 0 aliphatic rings. The lowest BCUT2D eigenvalue weighted by Crippen LogP contribution is -2.09. The Bertz CT molecular complexity index is 809. The third kappa shape index (κ3) is 5.35. The van der Waals surface area contributed by atoms with Crippen LogP contribution < -0.4 is 5.32 Å². The molecule has 0 aliphatic carbocycles. The van der Waals surface area contributed by atoms with Crippen LogP contribution in [0.3, 0.4) is 0 Å². The zero-order valence-electron chi connectivity index (χ0n) is 14.6. The van der Waals surface area contributed by atoms with E-state index >= 15 is 0 Å². The van der Waals surface area contributed by atoms with Crippen molar-refractivity contribution in [3.63, 3.8) is 0 Å². The van der Waals surface area contributed by atoms with Gasteiger partial charge in [0.05, 0.1) is 11.3 Å². The molecule has 0 unspecified atom stereocenters. The van der Waals surface area contributed by atoms with E-state index in [2.05, 4.69) is 15.3 Å². The van der Waals surface area contributed by atoms with Crippen molar-refractivity contribution in [2.75, 3.05) is 11.1 Å². The van der Waals surface area contributed by atoms with Gasteiger partial charge in [0.25, 0.3) is 0 Å². The fourth-order valence-electron chi connectivity index (χ4n) is 2.13. The molecule has 0 radical (unpaired) electrons. The zero-order chi connectivity index (χ0) is 18.6. The first-order valence-corrected chi connectivity index (χ1v) is 8.83. The number of thioether (sulfide) groups is 1. The van der Waals surface area contributed by atoms with Crippen molar-refractivity contribution in [3.05, 3.63) is 47.2 Å². The minimum absolute atomic E-state index is 0.00327. The maximum Gasteiger partial charge on any atom is 0.221 e. The predicted octanol–water partition coefficient (Wildman–Crippen LogP) is 3.98. The van der Waals surface area contributed by atoms with E-state index in [-0.39, 0.29) is 28.9 Å². The van der Waals surface area contributed by atoms with E-state index in [1.807, 2.05) is 20.8 Å². The van der Waals surface area contributed by atoms with E-state index in [1.165, 1.54) is 30.8 Å². The molecule has 0 saturated carbocycles.